The highest BCUT2D eigenvalue weighted by Crippen LogP contribution is 2.18. The van der Waals surface area contributed by atoms with Gasteiger partial charge < -0.3 is 10.1 Å². The van der Waals surface area contributed by atoms with Crippen LogP contribution in [0.2, 0.25) is 0 Å². The molecule has 1 fully saturated rings. The first-order valence-corrected chi connectivity index (χ1v) is 5.48. The first-order valence-electron chi connectivity index (χ1n) is 5.48. The van der Waals surface area contributed by atoms with Crippen molar-refractivity contribution in [3.8, 4) is 0 Å². The predicted octanol–water partition coefficient (Wildman–Crippen LogP) is 1.31. The predicted molar refractivity (Wildman–Crippen MR) is 57.4 cm³/mol. The summed E-state index contributed by atoms with van der Waals surface area (Å²) < 4.78 is 5.91. The van der Waals surface area contributed by atoms with Crippen molar-refractivity contribution < 1.29 is 4.74 Å². The van der Waals surface area contributed by atoms with Crippen LogP contribution < -0.4 is 5.32 Å². The largest absolute Gasteiger partial charge is 0.368 e. The number of piperidine rings is 1. The van der Waals surface area contributed by atoms with E-state index in [1.807, 2.05) is 6.92 Å². The Labute approximate surface area is 90.1 Å². The average molecular weight is 207 g/mol. The van der Waals surface area contributed by atoms with E-state index in [1.165, 1.54) is 6.42 Å². The van der Waals surface area contributed by atoms with E-state index in [0.717, 1.165) is 25.2 Å². The third kappa shape index (κ3) is 2.97. The lowest BCUT2D eigenvalue weighted by atomic mass is 10.1. The quantitative estimate of drug-likeness (QED) is 0.811. The van der Waals surface area contributed by atoms with Crippen LogP contribution in [0.4, 0.5) is 0 Å². The zero-order chi connectivity index (χ0) is 10.5. The van der Waals surface area contributed by atoms with E-state index in [1.54, 1.807) is 18.6 Å². The van der Waals surface area contributed by atoms with Gasteiger partial charge in [-0.2, -0.15) is 0 Å². The maximum Gasteiger partial charge on any atom is 0.0986 e. The molecule has 4 nitrogen and oxygen atoms in total. The Morgan fingerprint density at radius 3 is 3.13 bits per heavy atom. The third-order valence-electron chi connectivity index (χ3n) is 2.65. The van der Waals surface area contributed by atoms with Gasteiger partial charge in [-0.1, -0.05) is 0 Å². The van der Waals surface area contributed by atoms with Crippen LogP contribution in [0, 0.1) is 0 Å². The number of nitrogens with zero attached hydrogens (tertiary/aromatic N) is 2. The molecule has 4 heteroatoms. The van der Waals surface area contributed by atoms with Gasteiger partial charge in [-0.25, -0.2) is 0 Å². The SMILES string of the molecule is C[C@H](O[C@@H]1CCCNC1)c1cnccn1. The molecule has 0 spiro atoms. The molecule has 82 valence electrons. The smallest absolute Gasteiger partial charge is 0.0986 e. The fraction of sp³-hybridized carbons (Fsp3) is 0.636. The Kier molecular flexibility index (Phi) is 3.64. The number of nitrogens with one attached hydrogen (secondary N) is 1. The van der Waals surface area contributed by atoms with Crippen molar-refractivity contribution >= 4 is 0 Å². The number of hydrogen-bond acceptors (Lipinski definition) is 4. The van der Waals surface area contributed by atoms with Crippen molar-refractivity contribution in [1.29, 1.82) is 0 Å². The minimum atomic E-state index is 0.0311. The van der Waals surface area contributed by atoms with Crippen molar-refractivity contribution in [3.63, 3.8) is 0 Å². The summed E-state index contributed by atoms with van der Waals surface area (Å²) in [6.07, 6.45) is 7.82. The van der Waals surface area contributed by atoms with Crippen LogP contribution >= 0.6 is 0 Å². The maximum atomic E-state index is 5.91. The lowest BCUT2D eigenvalue weighted by molar-refractivity contribution is -0.0171. The number of rotatable bonds is 3. The molecule has 1 aliphatic heterocycles. The van der Waals surface area contributed by atoms with Crippen LogP contribution in [0.5, 0.6) is 0 Å². The Balaban J connectivity index is 1.88. The van der Waals surface area contributed by atoms with Crippen molar-refractivity contribution in [2.75, 3.05) is 13.1 Å². The highest BCUT2D eigenvalue weighted by molar-refractivity contribution is 4.98. The van der Waals surface area contributed by atoms with Gasteiger partial charge in [0.1, 0.15) is 0 Å². The average Bonchev–Trinajstić information content (AvgIpc) is 2.31. The normalized spacial score (nSPS) is 23.7. The number of ether oxygens (including phenoxy) is 1. The molecule has 0 radical (unpaired) electrons. The van der Waals surface area contributed by atoms with E-state index < -0.39 is 0 Å². The van der Waals surface area contributed by atoms with E-state index in [0.29, 0.717) is 6.10 Å². The second-order valence-electron chi connectivity index (χ2n) is 3.88. The summed E-state index contributed by atoms with van der Waals surface area (Å²) in [4.78, 5) is 8.28. The van der Waals surface area contributed by atoms with Gasteiger partial charge in [0.05, 0.1) is 24.1 Å². The summed E-state index contributed by atoms with van der Waals surface area (Å²) in [5.74, 6) is 0. The molecule has 0 aromatic carbocycles. The summed E-state index contributed by atoms with van der Waals surface area (Å²) >= 11 is 0. The van der Waals surface area contributed by atoms with Crippen molar-refractivity contribution in [3.05, 3.63) is 24.3 Å². The van der Waals surface area contributed by atoms with E-state index in [2.05, 4.69) is 15.3 Å². The zero-order valence-electron chi connectivity index (χ0n) is 9.02. The van der Waals surface area contributed by atoms with Crippen LogP contribution in [0.1, 0.15) is 31.6 Å². The van der Waals surface area contributed by atoms with Gasteiger partial charge in [0.2, 0.25) is 0 Å². The van der Waals surface area contributed by atoms with Crippen molar-refractivity contribution in [1.82, 2.24) is 15.3 Å². The molecule has 1 saturated heterocycles. The van der Waals surface area contributed by atoms with Gasteiger partial charge in [0.25, 0.3) is 0 Å². The van der Waals surface area contributed by atoms with E-state index in [9.17, 15) is 0 Å². The number of aromatic nitrogens is 2. The third-order valence-corrected chi connectivity index (χ3v) is 2.65. The lowest BCUT2D eigenvalue weighted by Gasteiger charge is -2.26. The molecule has 0 aliphatic carbocycles. The highest BCUT2D eigenvalue weighted by atomic mass is 16.5. The molecule has 1 aromatic heterocycles. The molecule has 1 N–H and O–H groups in total. The Morgan fingerprint density at radius 2 is 2.47 bits per heavy atom. The highest BCUT2D eigenvalue weighted by Gasteiger charge is 2.17. The maximum absolute atomic E-state index is 5.91. The fourth-order valence-corrected chi connectivity index (χ4v) is 1.81. The lowest BCUT2D eigenvalue weighted by Crippen LogP contribution is -2.35. The van der Waals surface area contributed by atoms with Gasteiger partial charge in [-0.3, -0.25) is 9.97 Å². The van der Waals surface area contributed by atoms with E-state index in [4.69, 9.17) is 4.74 Å². The van der Waals surface area contributed by atoms with E-state index in [-0.39, 0.29) is 6.10 Å². The minimum Gasteiger partial charge on any atom is -0.368 e. The fourth-order valence-electron chi connectivity index (χ4n) is 1.81. The summed E-state index contributed by atoms with van der Waals surface area (Å²) in [6.45, 7) is 4.09. The van der Waals surface area contributed by atoms with E-state index >= 15 is 0 Å². The zero-order valence-corrected chi connectivity index (χ0v) is 9.02. The van der Waals surface area contributed by atoms with Crippen LogP contribution in [0.25, 0.3) is 0 Å². The van der Waals surface area contributed by atoms with Gasteiger partial charge in [0, 0.05) is 18.9 Å². The Hall–Kier alpha value is -1.00. The van der Waals surface area contributed by atoms with Gasteiger partial charge in [-0.05, 0) is 26.3 Å². The Bertz CT molecular complexity index is 285. The summed E-state index contributed by atoms with van der Waals surface area (Å²) in [6, 6.07) is 0. The Morgan fingerprint density at radius 1 is 1.53 bits per heavy atom. The standard InChI is InChI=1S/C11H17N3O/c1-9(11-8-13-5-6-14-11)15-10-3-2-4-12-7-10/h5-6,8-10,12H,2-4,7H2,1H3/t9-,10+/m0/s1. The summed E-state index contributed by atoms with van der Waals surface area (Å²) in [5.41, 5.74) is 0.906. The molecule has 2 atom stereocenters. The molecule has 0 unspecified atom stereocenters. The van der Waals surface area contributed by atoms with Crippen molar-refractivity contribution in [2.24, 2.45) is 0 Å². The second-order valence-corrected chi connectivity index (χ2v) is 3.88. The summed E-state index contributed by atoms with van der Waals surface area (Å²) in [5, 5.41) is 3.33. The molecule has 1 aliphatic rings. The van der Waals surface area contributed by atoms with Crippen LogP contribution in [-0.4, -0.2) is 29.2 Å². The molecule has 1 aromatic rings. The first kappa shape index (κ1) is 10.5. The van der Waals surface area contributed by atoms with Gasteiger partial charge in [-0.15, -0.1) is 0 Å². The first-order chi connectivity index (χ1) is 7.36. The van der Waals surface area contributed by atoms with Gasteiger partial charge in [0.15, 0.2) is 0 Å². The minimum absolute atomic E-state index is 0.0311. The second kappa shape index (κ2) is 5.19. The molecule has 2 rings (SSSR count). The monoisotopic (exact) mass is 207 g/mol. The van der Waals surface area contributed by atoms with Crippen molar-refractivity contribution in [2.45, 2.75) is 32.0 Å². The molecule has 0 bridgehead atoms. The molecular formula is C11H17N3O. The topological polar surface area (TPSA) is 47.0 Å². The molecule has 0 saturated carbocycles. The van der Waals surface area contributed by atoms with Gasteiger partial charge >= 0.3 is 0 Å². The van der Waals surface area contributed by atoms with Crippen LogP contribution in [0.15, 0.2) is 18.6 Å². The van der Waals surface area contributed by atoms with Crippen LogP contribution in [0.3, 0.4) is 0 Å². The molecule has 2 heterocycles. The molecule has 15 heavy (non-hydrogen) atoms. The molecular weight excluding hydrogens is 190 g/mol. The molecule has 0 amide bonds. The number of hydrogen-bond donors (Lipinski definition) is 1. The summed E-state index contributed by atoms with van der Waals surface area (Å²) in [7, 11) is 0. The van der Waals surface area contributed by atoms with Crippen LogP contribution in [-0.2, 0) is 4.74 Å².